The molecule has 25 heavy (non-hydrogen) atoms. The Labute approximate surface area is 144 Å². The minimum Gasteiger partial charge on any atom is -0.466 e. The minimum atomic E-state index is -0.541. The van der Waals surface area contributed by atoms with E-state index in [9.17, 15) is 14.0 Å². The lowest BCUT2D eigenvalue weighted by molar-refractivity contribution is -0.147. The SMILES string of the molecule is CCOC(=O)C1Cc2cc(F)ccc2N(C(=O)c2cc(C)ncn2)C1. The Bertz CT molecular complexity index is 825. The largest absolute Gasteiger partial charge is 0.466 e. The molecule has 1 aliphatic rings. The summed E-state index contributed by atoms with van der Waals surface area (Å²) in [5.74, 6) is -1.70. The van der Waals surface area contributed by atoms with Gasteiger partial charge in [-0.05, 0) is 50.1 Å². The molecule has 1 aromatic carbocycles. The quantitative estimate of drug-likeness (QED) is 0.800. The predicted molar refractivity (Wildman–Crippen MR) is 88.7 cm³/mol. The molecule has 130 valence electrons. The van der Waals surface area contributed by atoms with Gasteiger partial charge in [0.05, 0.1) is 12.5 Å². The first kappa shape index (κ1) is 17.0. The van der Waals surface area contributed by atoms with E-state index in [1.165, 1.54) is 23.4 Å². The lowest BCUT2D eigenvalue weighted by atomic mass is 9.92. The molecule has 0 bridgehead atoms. The zero-order valence-corrected chi connectivity index (χ0v) is 14.0. The molecule has 1 aliphatic heterocycles. The first-order chi connectivity index (χ1) is 12.0. The van der Waals surface area contributed by atoms with E-state index in [4.69, 9.17) is 4.74 Å². The number of carbonyl (C=O) groups is 2. The van der Waals surface area contributed by atoms with Crippen LogP contribution in [-0.4, -0.2) is 35.0 Å². The molecule has 2 heterocycles. The van der Waals surface area contributed by atoms with Crippen molar-refractivity contribution < 1.29 is 18.7 Å². The van der Waals surface area contributed by atoms with Gasteiger partial charge >= 0.3 is 5.97 Å². The summed E-state index contributed by atoms with van der Waals surface area (Å²) in [5, 5.41) is 0. The third-order valence-electron chi connectivity index (χ3n) is 4.09. The number of rotatable bonds is 3. The molecule has 1 aromatic heterocycles. The van der Waals surface area contributed by atoms with Crippen molar-refractivity contribution in [1.29, 1.82) is 0 Å². The summed E-state index contributed by atoms with van der Waals surface area (Å²) in [4.78, 5) is 34.6. The van der Waals surface area contributed by atoms with Crippen LogP contribution in [0, 0.1) is 18.7 Å². The number of amides is 1. The van der Waals surface area contributed by atoms with Crippen LogP contribution in [-0.2, 0) is 16.0 Å². The number of aryl methyl sites for hydroxylation is 1. The molecular weight excluding hydrogens is 325 g/mol. The predicted octanol–water partition coefficient (Wildman–Crippen LogP) is 2.31. The van der Waals surface area contributed by atoms with Crippen molar-refractivity contribution in [1.82, 2.24) is 9.97 Å². The molecule has 0 spiro atoms. The van der Waals surface area contributed by atoms with E-state index in [1.807, 2.05) is 0 Å². The molecule has 6 nitrogen and oxygen atoms in total. The van der Waals surface area contributed by atoms with Gasteiger partial charge in [0.2, 0.25) is 0 Å². The van der Waals surface area contributed by atoms with Crippen molar-refractivity contribution in [2.75, 3.05) is 18.1 Å². The Morgan fingerprint density at radius 1 is 1.32 bits per heavy atom. The summed E-state index contributed by atoms with van der Waals surface area (Å²) in [7, 11) is 0. The summed E-state index contributed by atoms with van der Waals surface area (Å²) < 4.78 is 18.7. The highest BCUT2D eigenvalue weighted by atomic mass is 19.1. The van der Waals surface area contributed by atoms with E-state index < -0.39 is 17.7 Å². The van der Waals surface area contributed by atoms with Gasteiger partial charge in [0.25, 0.3) is 5.91 Å². The van der Waals surface area contributed by atoms with Crippen LogP contribution >= 0.6 is 0 Å². The molecule has 1 atom stereocenters. The highest BCUT2D eigenvalue weighted by molar-refractivity contribution is 6.06. The average molecular weight is 343 g/mol. The molecule has 2 aromatic rings. The number of esters is 1. The molecule has 0 radical (unpaired) electrons. The number of nitrogens with zero attached hydrogens (tertiary/aromatic N) is 3. The number of benzene rings is 1. The third-order valence-corrected chi connectivity index (χ3v) is 4.09. The van der Waals surface area contributed by atoms with Gasteiger partial charge in [-0.15, -0.1) is 0 Å². The number of fused-ring (bicyclic) bond motifs is 1. The summed E-state index contributed by atoms with van der Waals surface area (Å²) in [5.41, 5.74) is 2.08. The molecule has 0 aliphatic carbocycles. The maximum atomic E-state index is 13.6. The number of halogens is 1. The number of hydrogen-bond acceptors (Lipinski definition) is 5. The maximum absolute atomic E-state index is 13.6. The van der Waals surface area contributed by atoms with Crippen LogP contribution in [0.3, 0.4) is 0 Å². The summed E-state index contributed by atoms with van der Waals surface area (Å²) >= 11 is 0. The zero-order chi connectivity index (χ0) is 18.0. The van der Waals surface area contributed by atoms with E-state index in [-0.39, 0.29) is 24.8 Å². The Morgan fingerprint density at radius 3 is 2.84 bits per heavy atom. The van der Waals surface area contributed by atoms with Crippen molar-refractivity contribution in [3.8, 4) is 0 Å². The van der Waals surface area contributed by atoms with Gasteiger partial charge < -0.3 is 9.64 Å². The average Bonchev–Trinajstić information content (AvgIpc) is 2.60. The summed E-state index contributed by atoms with van der Waals surface area (Å²) in [6.45, 7) is 3.91. The minimum absolute atomic E-state index is 0.166. The first-order valence-corrected chi connectivity index (χ1v) is 8.05. The van der Waals surface area contributed by atoms with E-state index in [2.05, 4.69) is 9.97 Å². The molecule has 0 fully saturated rings. The Kier molecular flexibility index (Phi) is 4.74. The van der Waals surface area contributed by atoms with Crippen LogP contribution in [0.15, 0.2) is 30.6 Å². The fourth-order valence-electron chi connectivity index (χ4n) is 2.95. The normalized spacial score (nSPS) is 16.3. The number of anilines is 1. The lowest BCUT2D eigenvalue weighted by Gasteiger charge is -2.33. The topological polar surface area (TPSA) is 72.4 Å². The van der Waals surface area contributed by atoms with Gasteiger partial charge in [-0.1, -0.05) is 0 Å². The molecule has 0 saturated heterocycles. The van der Waals surface area contributed by atoms with Crippen LogP contribution < -0.4 is 4.90 Å². The van der Waals surface area contributed by atoms with Crippen LogP contribution in [0.2, 0.25) is 0 Å². The van der Waals surface area contributed by atoms with Crippen LogP contribution in [0.1, 0.15) is 28.7 Å². The molecule has 7 heteroatoms. The first-order valence-electron chi connectivity index (χ1n) is 8.05. The second-order valence-electron chi connectivity index (χ2n) is 5.89. The van der Waals surface area contributed by atoms with Gasteiger partial charge in [-0.2, -0.15) is 0 Å². The number of ether oxygens (including phenoxy) is 1. The molecule has 1 amide bonds. The maximum Gasteiger partial charge on any atom is 0.311 e. The van der Waals surface area contributed by atoms with Crippen molar-refractivity contribution in [3.63, 3.8) is 0 Å². The smallest absolute Gasteiger partial charge is 0.311 e. The molecule has 0 saturated carbocycles. The fraction of sp³-hybridized carbons (Fsp3) is 0.333. The monoisotopic (exact) mass is 343 g/mol. The van der Waals surface area contributed by atoms with Gasteiger partial charge in [-0.3, -0.25) is 9.59 Å². The Balaban J connectivity index is 1.99. The summed E-state index contributed by atoms with van der Waals surface area (Å²) in [6.07, 6.45) is 1.65. The highest BCUT2D eigenvalue weighted by Crippen LogP contribution is 2.32. The molecule has 1 unspecified atom stereocenters. The number of hydrogen-bond donors (Lipinski definition) is 0. The molecular formula is C18H18FN3O3. The third kappa shape index (κ3) is 3.50. The Morgan fingerprint density at radius 2 is 2.12 bits per heavy atom. The lowest BCUT2D eigenvalue weighted by Crippen LogP contribution is -2.43. The molecule has 3 rings (SSSR count). The standard InChI is InChI=1S/C18H18FN3O3/c1-3-25-18(24)13-7-12-8-14(19)4-5-16(12)22(9-13)17(23)15-6-11(2)20-10-21-15/h4-6,8,10,13H,3,7,9H2,1-2H3. The van der Waals surface area contributed by atoms with Crippen molar-refractivity contribution in [2.45, 2.75) is 20.3 Å². The van der Waals surface area contributed by atoms with Crippen LogP contribution in [0.4, 0.5) is 10.1 Å². The van der Waals surface area contributed by atoms with Crippen LogP contribution in [0.5, 0.6) is 0 Å². The van der Waals surface area contributed by atoms with Gasteiger partial charge in [0.1, 0.15) is 17.8 Å². The summed E-state index contributed by atoms with van der Waals surface area (Å²) in [6, 6.07) is 5.79. The number of carbonyl (C=O) groups excluding carboxylic acids is 2. The van der Waals surface area contributed by atoms with E-state index >= 15 is 0 Å². The van der Waals surface area contributed by atoms with Crippen LogP contribution in [0.25, 0.3) is 0 Å². The zero-order valence-electron chi connectivity index (χ0n) is 14.0. The van der Waals surface area contributed by atoms with E-state index in [0.717, 1.165) is 0 Å². The van der Waals surface area contributed by atoms with Gasteiger partial charge in [-0.25, -0.2) is 14.4 Å². The fourth-order valence-corrected chi connectivity index (χ4v) is 2.95. The van der Waals surface area contributed by atoms with E-state index in [0.29, 0.717) is 23.4 Å². The van der Waals surface area contributed by atoms with Crippen molar-refractivity contribution in [2.24, 2.45) is 5.92 Å². The van der Waals surface area contributed by atoms with Gasteiger partial charge in [0.15, 0.2) is 0 Å². The molecule has 0 N–H and O–H groups in total. The second-order valence-corrected chi connectivity index (χ2v) is 5.89. The van der Waals surface area contributed by atoms with Gasteiger partial charge in [0, 0.05) is 17.9 Å². The van der Waals surface area contributed by atoms with Crippen molar-refractivity contribution in [3.05, 3.63) is 53.4 Å². The highest BCUT2D eigenvalue weighted by Gasteiger charge is 2.34. The number of aromatic nitrogens is 2. The second kappa shape index (κ2) is 6.96. The Hall–Kier alpha value is -2.83. The van der Waals surface area contributed by atoms with Crippen molar-refractivity contribution >= 4 is 17.6 Å². The van der Waals surface area contributed by atoms with E-state index in [1.54, 1.807) is 26.0 Å².